The highest BCUT2D eigenvalue weighted by atomic mass is 127. The Morgan fingerprint density at radius 1 is 1.23 bits per heavy atom. The van der Waals surface area contributed by atoms with Crippen LogP contribution < -0.4 is 10.6 Å². The van der Waals surface area contributed by atoms with E-state index in [9.17, 15) is 0 Å². The van der Waals surface area contributed by atoms with Crippen LogP contribution >= 0.6 is 39.9 Å². The Kier molecular flexibility index (Phi) is 8.94. The van der Waals surface area contributed by atoms with Crippen molar-refractivity contribution in [1.29, 1.82) is 0 Å². The Bertz CT molecular complexity index is 687. The summed E-state index contributed by atoms with van der Waals surface area (Å²) >= 11 is 3.51. The summed E-state index contributed by atoms with van der Waals surface area (Å²) in [7, 11) is 1.80. The first-order valence-corrected chi connectivity index (χ1v) is 9.52. The Morgan fingerprint density at radius 3 is 2.69 bits per heavy atom. The highest BCUT2D eigenvalue weighted by Gasteiger charge is 2.25. The van der Waals surface area contributed by atoms with E-state index in [4.69, 9.17) is 4.42 Å². The maximum Gasteiger partial charge on any atom is 0.191 e. The van der Waals surface area contributed by atoms with Crippen molar-refractivity contribution in [2.75, 3.05) is 26.7 Å². The molecule has 0 spiro atoms. The Morgan fingerprint density at radius 2 is 2.04 bits per heavy atom. The highest BCUT2D eigenvalue weighted by molar-refractivity contribution is 14.0. The lowest BCUT2D eigenvalue weighted by Gasteiger charge is -2.26. The van der Waals surface area contributed by atoms with E-state index < -0.39 is 0 Å². The van der Waals surface area contributed by atoms with Crippen molar-refractivity contribution in [2.45, 2.75) is 25.4 Å². The summed E-state index contributed by atoms with van der Waals surface area (Å²) in [6.07, 6.45) is 4.26. The SMILES string of the molecule is CN=C(NCc1cccc(Br)c1)NCC(c1ccco1)N1CCCC1.I. The number of furan rings is 1. The van der Waals surface area contributed by atoms with Crippen molar-refractivity contribution in [3.8, 4) is 0 Å². The first-order chi connectivity index (χ1) is 12.3. The summed E-state index contributed by atoms with van der Waals surface area (Å²) in [5.41, 5.74) is 1.21. The first kappa shape index (κ1) is 21.2. The molecule has 2 N–H and O–H groups in total. The van der Waals surface area contributed by atoms with E-state index in [-0.39, 0.29) is 30.0 Å². The van der Waals surface area contributed by atoms with Gasteiger partial charge < -0.3 is 15.1 Å². The van der Waals surface area contributed by atoms with Gasteiger partial charge >= 0.3 is 0 Å². The Labute approximate surface area is 180 Å². The van der Waals surface area contributed by atoms with Gasteiger partial charge in [0.2, 0.25) is 0 Å². The predicted molar refractivity (Wildman–Crippen MR) is 120 cm³/mol. The van der Waals surface area contributed by atoms with Crippen molar-refractivity contribution in [3.05, 3.63) is 58.5 Å². The van der Waals surface area contributed by atoms with Crippen LogP contribution in [0.25, 0.3) is 0 Å². The molecular weight excluding hydrogens is 507 g/mol. The van der Waals surface area contributed by atoms with Gasteiger partial charge in [0, 0.05) is 24.6 Å². The lowest BCUT2D eigenvalue weighted by atomic mass is 10.2. The molecule has 1 fully saturated rings. The summed E-state index contributed by atoms with van der Waals surface area (Å²) in [5.74, 6) is 1.81. The van der Waals surface area contributed by atoms with Crippen LogP contribution in [0.15, 0.2) is 56.5 Å². The second-order valence-electron chi connectivity index (χ2n) is 6.21. The number of guanidine groups is 1. The topological polar surface area (TPSA) is 52.8 Å². The molecule has 1 unspecified atom stereocenters. The molecule has 1 aromatic carbocycles. The van der Waals surface area contributed by atoms with Gasteiger partial charge in [-0.1, -0.05) is 28.1 Å². The zero-order chi connectivity index (χ0) is 17.5. The summed E-state index contributed by atoms with van der Waals surface area (Å²) < 4.78 is 6.75. The van der Waals surface area contributed by atoms with Crippen molar-refractivity contribution in [2.24, 2.45) is 4.99 Å². The third-order valence-corrected chi connectivity index (χ3v) is 4.98. The van der Waals surface area contributed by atoms with Gasteiger partial charge in [-0.15, -0.1) is 24.0 Å². The average molecular weight is 533 g/mol. The normalized spacial score (nSPS) is 16.2. The molecule has 0 bridgehead atoms. The zero-order valence-corrected chi connectivity index (χ0v) is 18.9. The molecule has 0 aliphatic carbocycles. The minimum atomic E-state index is 0. The van der Waals surface area contributed by atoms with E-state index in [1.54, 1.807) is 13.3 Å². The summed E-state index contributed by atoms with van der Waals surface area (Å²) in [6, 6.07) is 12.5. The number of hydrogen-bond donors (Lipinski definition) is 2. The predicted octanol–water partition coefficient (Wildman–Crippen LogP) is 4.16. The lowest BCUT2D eigenvalue weighted by Crippen LogP contribution is -2.42. The quantitative estimate of drug-likeness (QED) is 0.333. The van der Waals surface area contributed by atoms with E-state index in [0.29, 0.717) is 0 Å². The van der Waals surface area contributed by atoms with Crippen molar-refractivity contribution < 1.29 is 4.42 Å². The van der Waals surface area contributed by atoms with Crippen LogP contribution in [0.3, 0.4) is 0 Å². The van der Waals surface area contributed by atoms with Crippen LogP contribution in [0.4, 0.5) is 0 Å². The van der Waals surface area contributed by atoms with Gasteiger partial charge in [-0.25, -0.2) is 0 Å². The van der Waals surface area contributed by atoms with E-state index in [1.807, 2.05) is 18.2 Å². The van der Waals surface area contributed by atoms with E-state index in [2.05, 4.69) is 54.7 Å². The van der Waals surface area contributed by atoms with Gasteiger partial charge in [-0.3, -0.25) is 9.89 Å². The molecule has 142 valence electrons. The maximum atomic E-state index is 5.67. The largest absolute Gasteiger partial charge is 0.468 e. The molecule has 26 heavy (non-hydrogen) atoms. The number of benzene rings is 1. The molecule has 1 saturated heterocycles. The number of aliphatic imine (C=N–C) groups is 1. The van der Waals surface area contributed by atoms with E-state index >= 15 is 0 Å². The van der Waals surface area contributed by atoms with Crippen LogP contribution in [-0.4, -0.2) is 37.5 Å². The number of hydrogen-bond acceptors (Lipinski definition) is 3. The van der Waals surface area contributed by atoms with Crippen LogP contribution in [0, 0.1) is 0 Å². The lowest BCUT2D eigenvalue weighted by molar-refractivity contribution is 0.215. The smallest absolute Gasteiger partial charge is 0.191 e. The Balaban J connectivity index is 0.00000243. The third-order valence-electron chi connectivity index (χ3n) is 4.49. The van der Waals surface area contributed by atoms with E-state index in [1.165, 1.54) is 18.4 Å². The van der Waals surface area contributed by atoms with Crippen molar-refractivity contribution >= 4 is 45.9 Å². The van der Waals surface area contributed by atoms with Gasteiger partial charge in [0.1, 0.15) is 5.76 Å². The molecule has 7 heteroatoms. The van der Waals surface area contributed by atoms with Gasteiger partial charge in [0.25, 0.3) is 0 Å². The molecule has 3 rings (SSSR count). The molecule has 0 amide bonds. The molecule has 2 aromatic rings. The van der Waals surface area contributed by atoms with Gasteiger partial charge in [-0.05, 0) is 55.8 Å². The average Bonchev–Trinajstić information content (AvgIpc) is 3.32. The number of likely N-dealkylation sites (tertiary alicyclic amines) is 1. The summed E-state index contributed by atoms with van der Waals surface area (Å²) in [5, 5.41) is 6.82. The van der Waals surface area contributed by atoms with Crippen molar-refractivity contribution in [3.63, 3.8) is 0 Å². The molecular formula is C19H26BrIN4O. The number of halogens is 2. The molecule has 1 aliphatic heterocycles. The molecule has 2 heterocycles. The standard InChI is InChI=1S/C19H25BrN4O.HI/c1-21-19(22-13-15-6-4-7-16(20)12-15)23-14-17(18-8-5-11-25-18)24-9-2-3-10-24;/h4-8,11-12,17H,2-3,9-10,13-14H2,1H3,(H2,21,22,23);1H. The van der Waals surface area contributed by atoms with E-state index in [0.717, 1.165) is 42.4 Å². The second kappa shape index (κ2) is 10.9. The fourth-order valence-electron chi connectivity index (χ4n) is 3.19. The molecule has 5 nitrogen and oxygen atoms in total. The fourth-order valence-corrected chi connectivity index (χ4v) is 3.64. The third kappa shape index (κ3) is 5.99. The number of nitrogens with zero attached hydrogens (tertiary/aromatic N) is 2. The molecule has 1 atom stereocenters. The molecule has 1 aliphatic rings. The van der Waals surface area contributed by atoms with Crippen LogP contribution in [-0.2, 0) is 6.54 Å². The highest BCUT2D eigenvalue weighted by Crippen LogP contribution is 2.24. The summed E-state index contributed by atoms with van der Waals surface area (Å²) in [4.78, 5) is 6.82. The number of nitrogens with one attached hydrogen (secondary N) is 2. The molecule has 0 radical (unpaired) electrons. The first-order valence-electron chi connectivity index (χ1n) is 8.72. The van der Waals surface area contributed by atoms with Crippen LogP contribution in [0.1, 0.15) is 30.2 Å². The molecule has 0 saturated carbocycles. The van der Waals surface area contributed by atoms with Gasteiger partial charge in [0.05, 0.1) is 12.3 Å². The summed E-state index contributed by atoms with van der Waals surface area (Å²) in [6.45, 7) is 3.74. The van der Waals surface area contributed by atoms with Crippen LogP contribution in [0.5, 0.6) is 0 Å². The molecule has 1 aromatic heterocycles. The maximum absolute atomic E-state index is 5.67. The van der Waals surface area contributed by atoms with Gasteiger partial charge in [-0.2, -0.15) is 0 Å². The minimum Gasteiger partial charge on any atom is -0.468 e. The second-order valence-corrected chi connectivity index (χ2v) is 7.13. The van der Waals surface area contributed by atoms with Gasteiger partial charge in [0.15, 0.2) is 5.96 Å². The Hall–Kier alpha value is -1.06. The minimum absolute atomic E-state index is 0. The fraction of sp³-hybridized carbons (Fsp3) is 0.421. The van der Waals surface area contributed by atoms with Crippen molar-refractivity contribution in [1.82, 2.24) is 15.5 Å². The number of rotatable bonds is 6. The monoisotopic (exact) mass is 532 g/mol. The van der Waals surface area contributed by atoms with Crippen LogP contribution in [0.2, 0.25) is 0 Å². The zero-order valence-electron chi connectivity index (χ0n) is 15.0.